The van der Waals surface area contributed by atoms with Crippen molar-refractivity contribution in [1.29, 1.82) is 0 Å². The summed E-state index contributed by atoms with van der Waals surface area (Å²) in [7, 11) is 1.68. The first-order chi connectivity index (χ1) is 14.5. The average molecular weight is 542 g/mol. The summed E-state index contributed by atoms with van der Waals surface area (Å²) in [4.78, 5) is 22.7. The Morgan fingerprint density at radius 2 is 2.06 bits per heavy atom. The maximum absolute atomic E-state index is 14.6. The van der Waals surface area contributed by atoms with E-state index in [2.05, 4.69) is 20.5 Å². The molecule has 2 heterocycles. The largest absolute Gasteiger partial charge is 0.359 e. The molecular weight excluding hydrogens is 510 g/mol. The predicted octanol–water partition coefficient (Wildman–Crippen LogP) is 3.25. The van der Waals surface area contributed by atoms with Crippen LogP contribution in [0.2, 0.25) is 0 Å². The summed E-state index contributed by atoms with van der Waals surface area (Å²) in [5.41, 5.74) is 1.31. The lowest BCUT2D eigenvalue weighted by atomic mass is 9.93. The fourth-order valence-electron chi connectivity index (χ4n) is 3.78. The number of imidazole rings is 1. The van der Waals surface area contributed by atoms with Crippen LogP contribution in [0.4, 0.5) is 4.39 Å². The number of aliphatic imine (C=N–C) groups is 1. The Kier molecular flexibility index (Phi) is 9.73. The van der Waals surface area contributed by atoms with Crippen LogP contribution >= 0.6 is 24.0 Å². The van der Waals surface area contributed by atoms with Crippen LogP contribution in [-0.2, 0) is 11.3 Å². The number of hydrogen-bond donors (Lipinski definition) is 2. The van der Waals surface area contributed by atoms with Gasteiger partial charge in [0.2, 0.25) is 5.91 Å². The Morgan fingerprint density at radius 3 is 2.65 bits per heavy atom. The fraction of sp³-hybridized carbons (Fsp3) is 0.500. The maximum atomic E-state index is 14.6. The third-order valence-corrected chi connectivity index (χ3v) is 5.51. The van der Waals surface area contributed by atoms with E-state index in [0.717, 1.165) is 49.8 Å². The third kappa shape index (κ3) is 6.65. The van der Waals surface area contributed by atoms with Crippen molar-refractivity contribution in [2.24, 2.45) is 10.9 Å². The molecule has 2 aromatic rings. The number of hydrogen-bond acceptors (Lipinski definition) is 3. The van der Waals surface area contributed by atoms with Gasteiger partial charge in [-0.15, -0.1) is 24.0 Å². The van der Waals surface area contributed by atoms with Crippen LogP contribution in [-0.4, -0.2) is 53.0 Å². The molecule has 1 aliphatic heterocycles. The third-order valence-electron chi connectivity index (χ3n) is 5.51. The van der Waals surface area contributed by atoms with E-state index >= 15 is 0 Å². The van der Waals surface area contributed by atoms with E-state index in [0.29, 0.717) is 24.6 Å². The lowest BCUT2D eigenvalue weighted by molar-refractivity contribution is -0.121. The summed E-state index contributed by atoms with van der Waals surface area (Å²) < 4.78 is 16.4. The molecule has 0 radical (unpaired) electrons. The molecule has 1 fully saturated rings. The topological polar surface area (TPSA) is 74.5 Å². The molecule has 0 saturated carbocycles. The molecule has 0 bridgehead atoms. The van der Waals surface area contributed by atoms with Crippen molar-refractivity contribution >= 4 is 35.8 Å². The monoisotopic (exact) mass is 542 g/mol. The van der Waals surface area contributed by atoms with Gasteiger partial charge in [0.25, 0.3) is 0 Å². The second kappa shape index (κ2) is 12.0. The van der Waals surface area contributed by atoms with Gasteiger partial charge in [-0.3, -0.25) is 4.79 Å². The number of nitrogens with zero attached hydrogens (tertiary/aromatic N) is 4. The number of halogens is 2. The Hall–Kier alpha value is -2.17. The van der Waals surface area contributed by atoms with Crippen molar-refractivity contribution in [3.8, 4) is 5.69 Å². The molecule has 170 valence electrons. The molecule has 1 amide bonds. The van der Waals surface area contributed by atoms with Crippen LogP contribution in [0.1, 0.15) is 37.6 Å². The molecule has 0 spiro atoms. The number of nitrogens with one attached hydrogen (secondary N) is 2. The Labute approximate surface area is 200 Å². The van der Waals surface area contributed by atoms with Gasteiger partial charge < -0.3 is 20.1 Å². The van der Waals surface area contributed by atoms with Gasteiger partial charge in [-0.05, 0) is 50.3 Å². The number of aryl methyl sites for hydroxylation is 1. The number of aromatic nitrogens is 2. The lowest BCUT2D eigenvalue weighted by Crippen LogP contribution is -2.46. The van der Waals surface area contributed by atoms with E-state index in [4.69, 9.17) is 4.99 Å². The van der Waals surface area contributed by atoms with Crippen molar-refractivity contribution in [3.05, 3.63) is 47.8 Å². The normalized spacial score (nSPS) is 14.8. The first kappa shape index (κ1) is 25.1. The number of guanidine groups is 1. The van der Waals surface area contributed by atoms with Gasteiger partial charge in [0, 0.05) is 45.5 Å². The molecule has 1 aromatic carbocycles. The number of piperidine rings is 1. The van der Waals surface area contributed by atoms with Crippen molar-refractivity contribution in [2.45, 2.75) is 39.7 Å². The van der Waals surface area contributed by atoms with Crippen molar-refractivity contribution < 1.29 is 9.18 Å². The number of carbonyl (C=O) groups excluding carboxylic acids is 1. The van der Waals surface area contributed by atoms with E-state index in [1.54, 1.807) is 30.1 Å². The minimum atomic E-state index is -0.288. The number of carbonyl (C=O) groups is 1. The van der Waals surface area contributed by atoms with E-state index in [1.807, 2.05) is 19.9 Å². The predicted molar refractivity (Wildman–Crippen MR) is 131 cm³/mol. The van der Waals surface area contributed by atoms with Gasteiger partial charge in [-0.25, -0.2) is 14.4 Å². The second-order valence-electron chi connectivity index (χ2n) is 7.61. The summed E-state index contributed by atoms with van der Waals surface area (Å²) in [6, 6.07) is 5.21. The van der Waals surface area contributed by atoms with Crippen LogP contribution in [0, 0.1) is 18.7 Å². The Morgan fingerprint density at radius 1 is 1.32 bits per heavy atom. The molecule has 1 saturated heterocycles. The minimum Gasteiger partial charge on any atom is -0.359 e. The van der Waals surface area contributed by atoms with Crippen LogP contribution in [0.5, 0.6) is 0 Å². The molecule has 0 unspecified atom stereocenters. The molecule has 1 aliphatic rings. The number of benzene rings is 1. The number of likely N-dealkylation sites (tertiary alicyclic amines) is 1. The van der Waals surface area contributed by atoms with Crippen LogP contribution < -0.4 is 10.6 Å². The summed E-state index contributed by atoms with van der Waals surface area (Å²) in [6.45, 7) is 6.78. The molecule has 1 aromatic heterocycles. The number of amides is 1. The summed E-state index contributed by atoms with van der Waals surface area (Å²) in [5.74, 6) is 1.81. The van der Waals surface area contributed by atoms with Crippen LogP contribution in [0.3, 0.4) is 0 Å². The van der Waals surface area contributed by atoms with E-state index in [1.165, 1.54) is 6.07 Å². The Balaban J connectivity index is 0.00000341. The fourth-order valence-corrected chi connectivity index (χ4v) is 3.78. The average Bonchev–Trinajstić information content (AvgIpc) is 3.17. The zero-order chi connectivity index (χ0) is 21.5. The van der Waals surface area contributed by atoms with Gasteiger partial charge in [0.1, 0.15) is 11.6 Å². The van der Waals surface area contributed by atoms with Crippen molar-refractivity contribution in [1.82, 2.24) is 25.1 Å². The van der Waals surface area contributed by atoms with Crippen molar-refractivity contribution in [3.63, 3.8) is 0 Å². The van der Waals surface area contributed by atoms with E-state index < -0.39 is 0 Å². The van der Waals surface area contributed by atoms with Gasteiger partial charge >= 0.3 is 0 Å². The zero-order valence-electron chi connectivity index (χ0n) is 18.4. The quantitative estimate of drug-likeness (QED) is 0.334. The summed E-state index contributed by atoms with van der Waals surface area (Å²) in [5, 5.41) is 6.04. The highest BCUT2D eigenvalue weighted by molar-refractivity contribution is 14.0. The first-order valence-corrected chi connectivity index (χ1v) is 10.5. The zero-order valence-corrected chi connectivity index (χ0v) is 20.7. The highest BCUT2D eigenvalue weighted by Gasteiger charge is 2.23. The molecule has 3 rings (SSSR count). The Bertz CT molecular complexity index is 892. The molecule has 31 heavy (non-hydrogen) atoms. The van der Waals surface area contributed by atoms with Gasteiger partial charge in [-0.1, -0.05) is 6.07 Å². The summed E-state index contributed by atoms with van der Waals surface area (Å²) >= 11 is 0. The van der Waals surface area contributed by atoms with Gasteiger partial charge in [-0.2, -0.15) is 0 Å². The second-order valence-corrected chi connectivity index (χ2v) is 7.61. The maximum Gasteiger partial charge on any atom is 0.220 e. The van der Waals surface area contributed by atoms with E-state index in [9.17, 15) is 9.18 Å². The van der Waals surface area contributed by atoms with Crippen LogP contribution in [0.25, 0.3) is 5.69 Å². The molecular formula is C22H32FIN6O. The number of rotatable bonds is 6. The van der Waals surface area contributed by atoms with Gasteiger partial charge in [0.05, 0.1) is 12.2 Å². The minimum absolute atomic E-state index is 0. The molecule has 0 atom stereocenters. The highest BCUT2D eigenvalue weighted by Crippen LogP contribution is 2.21. The smallest absolute Gasteiger partial charge is 0.220 e. The standard InChI is InChI=1S/C22H31FN6O.HI/c1-4-25-22(28-10-7-17(8-11-28)14-21(30)24-3)27-15-18-5-6-20(19(23)13-18)29-12-9-26-16(29)2;/h5-6,9,12-13,17H,4,7-8,10-11,14-15H2,1-3H3,(H,24,30)(H,25,27);1H. The van der Waals surface area contributed by atoms with Crippen molar-refractivity contribution in [2.75, 3.05) is 26.7 Å². The van der Waals surface area contributed by atoms with E-state index in [-0.39, 0.29) is 35.7 Å². The highest BCUT2D eigenvalue weighted by atomic mass is 127. The molecule has 0 aliphatic carbocycles. The summed E-state index contributed by atoms with van der Waals surface area (Å²) in [6.07, 6.45) is 5.92. The van der Waals surface area contributed by atoms with Crippen LogP contribution in [0.15, 0.2) is 35.6 Å². The molecule has 7 nitrogen and oxygen atoms in total. The SMILES string of the molecule is CCNC(=NCc1ccc(-n2ccnc2C)c(F)c1)N1CCC(CC(=O)NC)CC1.I. The lowest BCUT2D eigenvalue weighted by Gasteiger charge is -2.34. The first-order valence-electron chi connectivity index (χ1n) is 10.5. The van der Waals surface area contributed by atoms with Gasteiger partial charge in [0.15, 0.2) is 5.96 Å². The molecule has 9 heteroatoms. The molecule has 2 N–H and O–H groups in total.